The first-order valence-electron chi connectivity index (χ1n) is 9.14. The molecule has 6 nitrogen and oxygen atoms in total. The van der Waals surface area contributed by atoms with Crippen LogP contribution in [0.4, 0.5) is 11.6 Å². The Hall–Kier alpha value is -3.67. The van der Waals surface area contributed by atoms with Gasteiger partial charge in [0, 0.05) is 11.8 Å². The maximum Gasteiger partial charge on any atom is 0.347 e. The van der Waals surface area contributed by atoms with Crippen LogP contribution in [0.15, 0.2) is 62.2 Å². The molecule has 4 aromatic rings. The van der Waals surface area contributed by atoms with Gasteiger partial charge in [0.2, 0.25) is 5.88 Å². The zero-order valence-corrected chi connectivity index (χ0v) is 16.7. The lowest BCUT2D eigenvalue weighted by Gasteiger charge is -2.11. The van der Waals surface area contributed by atoms with E-state index >= 15 is 0 Å². The third kappa shape index (κ3) is 3.33. The van der Waals surface area contributed by atoms with E-state index in [-0.39, 0.29) is 0 Å². The number of nitrogens with one attached hydrogen (secondary N) is 1. The molecule has 0 spiro atoms. The van der Waals surface area contributed by atoms with Crippen LogP contribution in [0, 0.1) is 13.8 Å². The van der Waals surface area contributed by atoms with Crippen molar-refractivity contribution in [2.24, 2.45) is 0 Å². The molecule has 0 bridgehead atoms. The summed E-state index contributed by atoms with van der Waals surface area (Å²) in [7, 11) is 3.15. The third-order valence-electron chi connectivity index (χ3n) is 4.79. The number of furan rings is 1. The fourth-order valence-corrected chi connectivity index (χ4v) is 3.35. The Morgan fingerprint density at radius 1 is 0.897 bits per heavy atom. The highest BCUT2D eigenvalue weighted by Gasteiger charge is 2.22. The number of rotatable bonds is 5. The van der Waals surface area contributed by atoms with Gasteiger partial charge in [0.25, 0.3) is 0 Å². The van der Waals surface area contributed by atoms with Gasteiger partial charge in [0.1, 0.15) is 16.7 Å². The standard InChI is InChI=1S/C23H21NO5/c1-13-7-5-6-8-16(13)24-22-20(15-9-10-17(26-3)18(12-15)27-4)21-19(29-22)11-14(2)28-23(21)25/h5-12,24H,1-4H3. The molecule has 0 aliphatic rings. The molecule has 0 aliphatic heterocycles. The van der Waals surface area contributed by atoms with E-state index in [1.165, 1.54) is 0 Å². The van der Waals surface area contributed by atoms with Gasteiger partial charge in [-0.15, -0.1) is 0 Å². The van der Waals surface area contributed by atoms with Crippen molar-refractivity contribution >= 4 is 22.5 Å². The van der Waals surface area contributed by atoms with Crippen LogP contribution in [0.25, 0.3) is 22.1 Å². The average molecular weight is 391 g/mol. The third-order valence-corrected chi connectivity index (χ3v) is 4.79. The second kappa shape index (κ2) is 7.39. The number of hydrogen-bond acceptors (Lipinski definition) is 6. The van der Waals surface area contributed by atoms with Gasteiger partial charge in [0.05, 0.1) is 19.8 Å². The predicted octanol–water partition coefficient (Wildman–Crippen LogP) is 5.43. The highest BCUT2D eigenvalue weighted by Crippen LogP contribution is 2.41. The van der Waals surface area contributed by atoms with Crippen molar-refractivity contribution in [1.29, 1.82) is 0 Å². The van der Waals surface area contributed by atoms with Crippen LogP contribution in [0.1, 0.15) is 11.3 Å². The summed E-state index contributed by atoms with van der Waals surface area (Å²) >= 11 is 0. The zero-order chi connectivity index (χ0) is 20.5. The monoisotopic (exact) mass is 391 g/mol. The molecule has 0 radical (unpaired) electrons. The highest BCUT2D eigenvalue weighted by molar-refractivity contribution is 6.00. The van der Waals surface area contributed by atoms with Crippen LogP contribution in [0.2, 0.25) is 0 Å². The molecule has 2 aromatic heterocycles. The molecule has 29 heavy (non-hydrogen) atoms. The summed E-state index contributed by atoms with van der Waals surface area (Å²) in [6.45, 7) is 3.72. The van der Waals surface area contributed by atoms with Gasteiger partial charge in [-0.1, -0.05) is 24.3 Å². The summed E-state index contributed by atoms with van der Waals surface area (Å²) in [5, 5.41) is 3.70. The predicted molar refractivity (Wildman–Crippen MR) is 112 cm³/mol. The van der Waals surface area contributed by atoms with Crippen LogP contribution in [-0.2, 0) is 0 Å². The fraction of sp³-hybridized carbons (Fsp3) is 0.174. The second-order valence-electron chi connectivity index (χ2n) is 6.70. The lowest BCUT2D eigenvalue weighted by Crippen LogP contribution is -2.01. The van der Waals surface area contributed by atoms with Crippen LogP contribution in [0.3, 0.4) is 0 Å². The molecule has 0 aliphatic carbocycles. The maximum atomic E-state index is 12.7. The summed E-state index contributed by atoms with van der Waals surface area (Å²) in [5.41, 5.74) is 3.29. The second-order valence-corrected chi connectivity index (χ2v) is 6.70. The Labute approximate surface area is 167 Å². The molecule has 6 heteroatoms. The topological polar surface area (TPSA) is 73.8 Å². The number of methoxy groups -OCH3 is 2. The molecule has 0 atom stereocenters. The first-order valence-corrected chi connectivity index (χ1v) is 9.14. The maximum absolute atomic E-state index is 12.7. The number of aryl methyl sites for hydroxylation is 2. The summed E-state index contributed by atoms with van der Waals surface area (Å²) < 4.78 is 22.2. The minimum absolute atomic E-state index is 0.374. The van der Waals surface area contributed by atoms with E-state index in [0.29, 0.717) is 39.7 Å². The number of anilines is 2. The quantitative estimate of drug-likeness (QED) is 0.489. The number of fused-ring (bicyclic) bond motifs is 1. The zero-order valence-electron chi connectivity index (χ0n) is 16.7. The Bertz CT molecular complexity index is 1250. The molecule has 0 unspecified atom stereocenters. The van der Waals surface area contributed by atoms with Gasteiger partial charge in [-0.25, -0.2) is 4.79 Å². The van der Waals surface area contributed by atoms with Crippen molar-refractivity contribution in [3.05, 3.63) is 70.3 Å². The van der Waals surface area contributed by atoms with Crippen LogP contribution >= 0.6 is 0 Å². The SMILES string of the molecule is COc1ccc(-c2c(Nc3ccccc3C)oc3cc(C)oc(=O)c23)cc1OC. The Kier molecular flexibility index (Phi) is 4.76. The smallest absolute Gasteiger partial charge is 0.347 e. The van der Waals surface area contributed by atoms with E-state index in [1.54, 1.807) is 33.3 Å². The molecule has 148 valence electrons. The van der Waals surface area contributed by atoms with Crippen molar-refractivity contribution in [2.45, 2.75) is 13.8 Å². The summed E-state index contributed by atoms with van der Waals surface area (Å²) in [5.74, 6) is 2.09. The molecule has 4 rings (SSSR count). The first-order chi connectivity index (χ1) is 14.0. The number of ether oxygens (including phenoxy) is 2. The lowest BCUT2D eigenvalue weighted by atomic mass is 10.0. The Morgan fingerprint density at radius 3 is 2.38 bits per heavy atom. The van der Waals surface area contributed by atoms with Gasteiger partial charge in [-0.05, 0) is 43.2 Å². The molecule has 0 saturated heterocycles. The largest absolute Gasteiger partial charge is 0.493 e. The average Bonchev–Trinajstić information content (AvgIpc) is 3.07. The van der Waals surface area contributed by atoms with E-state index in [2.05, 4.69) is 5.32 Å². The Morgan fingerprint density at radius 2 is 1.66 bits per heavy atom. The van der Waals surface area contributed by atoms with Gasteiger partial charge < -0.3 is 23.6 Å². The first kappa shape index (κ1) is 18.7. The van der Waals surface area contributed by atoms with Crippen molar-refractivity contribution < 1.29 is 18.3 Å². The van der Waals surface area contributed by atoms with E-state index in [4.69, 9.17) is 18.3 Å². The molecule has 0 amide bonds. The minimum Gasteiger partial charge on any atom is -0.493 e. The van der Waals surface area contributed by atoms with Gasteiger partial charge in [-0.2, -0.15) is 0 Å². The van der Waals surface area contributed by atoms with E-state index in [0.717, 1.165) is 16.8 Å². The normalized spacial score (nSPS) is 10.9. The summed E-state index contributed by atoms with van der Waals surface area (Å²) in [6.07, 6.45) is 0. The van der Waals surface area contributed by atoms with E-state index < -0.39 is 5.63 Å². The van der Waals surface area contributed by atoms with Gasteiger partial charge >= 0.3 is 5.63 Å². The van der Waals surface area contributed by atoms with Crippen LogP contribution in [-0.4, -0.2) is 14.2 Å². The molecular weight excluding hydrogens is 370 g/mol. The summed E-state index contributed by atoms with van der Waals surface area (Å²) in [6, 6.07) is 15.0. The molecule has 0 saturated carbocycles. The molecule has 0 fully saturated rings. The van der Waals surface area contributed by atoms with Crippen LogP contribution in [0.5, 0.6) is 11.5 Å². The lowest BCUT2D eigenvalue weighted by molar-refractivity contribution is 0.355. The molecule has 2 aromatic carbocycles. The molecular formula is C23H21NO5. The summed E-state index contributed by atoms with van der Waals surface area (Å²) in [4.78, 5) is 12.7. The number of hydrogen-bond donors (Lipinski definition) is 1. The Balaban J connectivity index is 1.98. The van der Waals surface area contributed by atoms with Crippen molar-refractivity contribution in [1.82, 2.24) is 0 Å². The van der Waals surface area contributed by atoms with E-state index in [9.17, 15) is 4.79 Å². The number of para-hydroxylation sites is 1. The van der Waals surface area contributed by atoms with E-state index in [1.807, 2.05) is 43.3 Å². The van der Waals surface area contributed by atoms with Gasteiger partial charge in [0.15, 0.2) is 11.5 Å². The van der Waals surface area contributed by atoms with Crippen molar-refractivity contribution in [2.75, 3.05) is 19.5 Å². The van der Waals surface area contributed by atoms with Crippen molar-refractivity contribution in [3.8, 4) is 22.6 Å². The van der Waals surface area contributed by atoms with Crippen molar-refractivity contribution in [3.63, 3.8) is 0 Å². The number of benzene rings is 2. The van der Waals surface area contributed by atoms with Crippen LogP contribution < -0.4 is 20.4 Å². The molecule has 2 heterocycles. The molecule has 1 N–H and O–H groups in total. The minimum atomic E-state index is -0.452. The fourth-order valence-electron chi connectivity index (χ4n) is 3.35. The highest BCUT2D eigenvalue weighted by atomic mass is 16.5. The van der Waals surface area contributed by atoms with Gasteiger partial charge in [-0.3, -0.25) is 0 Å².